The van der Waals surface area contributed by atoms with Gasteiger partial charge in [-0.1, -0.05) is 12.1 Å². The van der Waals surface area contributed by atoms with Crippen molar-refractivity contribution in [3.63, 3.8) is 0 Å². The highest BCUT2D eigenvalue weighted by molar-refractivity contribution is 7.17. The molecule has 0 spiro atoms. The zero-order valence-corrected chi connectivity index (χ0v) is 24.7. The molecule has 2 N–H and O–H groups in total. The minimum Gasteiger partial charge on any atom is -0.481 e. The standard InChI is InChI=1S/C21H22N2O4S.C8H8O3S/c1-5-14-9-15(8-11(2)16(14)6-7-18(25)26)20-22-21(27-23-20)19-13(4)12(3)17(10-24)28-19;1-4-5(2)7(8(10)11)12-6(4)3-9/h8-10H,5-7H2,1-4H3,(H,25,26);3H,1-2H3,(H,10,11). The van der Waals surface area contributed by atoms with Crippen molar-refractivity contribution in [1.29, 1.82) is 0 Å². The van der Waals surface area contributed by atoms with Gasteiger partial charge in [0.25, 0.3) is 5.89 Å². The zero-order chi connectivity index (χ0) is 29.7. The molecule has 0 fully saturated rings. The number of aromatic nitrogens is 2. The Morgan fingerprint density at radius 2 is 1.55 bits per heavy atom. The van der Waals surface area contributed by atoms with Gasteiger partial charge in [-0.2, -0.15) is 4.98 Å². The summed E-state index contributed by atoms with van der Waals surface area (Å²) in [6, 6.07) is 3.97. The molecule has 1 aromatic carbocycles. The molecule has 0 atom stereocenters. The number of hydrogen-bond acceptors (Lipinski definition) is 9. The van der Waals surface area contributed by atoms with E-state index in [2.05, 4.69) is 10.1 Å². The third-order valence-corrected chi connectivity index (χ3v) is 9.41. The highest BCUT2D eigenvalue weighted by Crippen LogP contribution is 2.35. The van der Waals surface area contributed by atoms with E-state index in [0.717, 1.165) is 67.9 Å². The van der Waals surface area contributed by atoms with Crippen LogP contribution >= 0.6 is 22.7 Å². The van der Waals surface area contributed by atoms with E-state index in [1.807, 2.05) is 39.8 Å². The number of aliphatic carboxylic acids is 1. The Kier molecular flexibility index (Phi) is 9.88. The second-order valence-electron chi connectivity index (χ2n) is 9.23. The van der Waals surface area contributed by atoms with Gasteiger partial charge in [0.1, 0.15) is 4.88 Å². The third kappa shape index (κ3) is 6.43. The van der Waals surface area contributed by atoms with Gasteiger partial charge >= 0.3 is 11.9 Å². The Bertz CT molecular complexity index is 1590. The van der Waals surface area contributed by atoms with Crippen molar-refractivity contribution in [2.24, 2.45) is 0 Å². The van der Waals surface area contributed by atoms with Crippen LogP contribution in [0.5, 0.6) is 0 Å². The van der Waals surface area contributed by atoms with Crippen LogP contribution in [0.25, 0.3) is 22.2 Å². The molecule has 40 heavy (non-hydrogen) atoms. The lowest BCUT2D eigenvalue weighted by atomic mass is 9.93. The van der Waals surface area contributed by atoms with Crippen molar-refractivity contribution >= 4 is 47.2 Å². The molecule has 0 aliphatic rings. The first kappa shape index (κ1) is 30.6. The molecule has 3 aromatic heterocycles. The Morgan fingerprint density at radius 1 is 0.925 bits per heavy atom. The largest absolute Gasteiger partial charge is 0.481 e. The summed E-state index contributed by atoms with van der Waals surface area (Å²) >= 11 is 2.38. The number of hydrogen-bond donors (Lipinski definition) is 2. The average Bonchev–Trinajstić information content (AvgIpc) is 3.60. The van der Waals surface area contributed by atoms with Crippen molar-refractivity contribution in [2.45, 2.75) is 60.8 Å². The predicted octanol–water partition coefficient (Wildman–Crippen LogP) is 6.66. The van der Waals surface area contributed by atoms with E-state index in [-0.39, 0.29) is 11.3 Å². The number of carbonyl (C=O) groups is 4. The van der Waals surface area contributed by atoms with E-state index < -0.39 is 11.9 Å². The fourth-order valence-electron chi connectivity index (χ4n) is 4.23. The number of benzene rings is 1. The number of carboxylic acid groups (broad SMARTS) is 2. The summed E-state index contributed by atoms with van der Waals surface area (Å²) in [4.78, 5) is 49.9. The summed E-state index contributed by atoms with van der Waals surface area (Å²) in [5.74, 6) is -0.881. The van der Waals surface area contributed by atoms with Gasteiger partial charge in [0.15, 0.2) is 12.6 Å². The number of aryl methyl sites for hydroxylation is 2. The summed E-state index contributed by atoms with van der Waals surface area (Å²) in [5.41, 5.74) is 7.38. The molecule has 0 amide bonds. The van der Waals surface area contributed by atoms with E-state index in [9.17, 15) is 19.2 Å². The lowest BCUT2D eigenvalue weighted by Gasteiger charge is -2.12. The van der Waals surface area contributed by atoms with Crippen LogP contribution in [-0.2, 0) is 17.6 Å². The summed E-state index contributed by atoms with van der Waals surface area (Å²) in [6.07, 6.45) is 2.94. The number of rotatable bonds is 9. The first-order valence-electron chi connectivity index (χ1n) is 12.5. The summed E-state index contributed by atoms with van der Waals surface area (Å²) in [5, 5.41) is 21.8. The average molecular weight is 583 g/mol. The fraction of sp³-hybridized carbons (Fsp3) is 0.310. The van der Waals surface area contributed by atoms with Crippen molar-refractivity contribution in [1.82, 2.24) is 10.1 Å². The van der Waals surface area contributed by atoms with Crippen LogP contribution in [0.3, 0.4) is 0 Å². The van der Waals surface area contributed by atoms with E-state index in [1.54, 1.807) is 13.8 Å². The minimum atomic E-state index is -0.964. The van der Waals surface area contributed by atoms with Gasteiger partial charge in [-0.3, -0.25) is 14.4 Å². The molecular weight excluding hydrogens is 552 g/mol. The van der Waals surface area contributed by atoms with Crippen molar-refractivity contribution in [2.75, 3.05) is 0 Å². The molecule has 0 saturated carbocycles. The number of carboxylic acids is 2. The molecule has 4 aromatic rings. The Hall–Kier alpha value is -3.96. The van der Waals surface area contributed by atoms with E-state index in [0.29, 0.717) is 39.7 Å². The fourth-order valence-corrected chi connectivity index (χ4v) is 6.24. The molecule has 11 heteroatoms. The van der Waals surface area contributed by atoms with E-state index in [1.165, 1.54) is 11.3 Å². The van der Waals surface area contributed by atoms with E-state index >= 15 is 0 Å². The molecule has 4 rings (SSSR count). The molecule has 0 unspecified atom stereocenters. The topological polar surface area (TPSA) is 148 Å². The highest BCUT2D eigenvalue weighted by Gasteiger charge is 2.20. The Morgan fingerprint density at radius 3 is 2.05 bits per heavy atom. The summed E-state index contributed by atoms with van der Waals surface area (Å²) in [7, 11) is 0. The lowest BCUT2D eigenvalue weighted by molar-refractivity contribution is -0.136. The maximum absolute atomic E-state index is 11.2. The molecule has 0 aliphatic heterocycles. The second-order valence-corrected chi connectivity index (χ2v) is 11.3. The molecule has 0 aliphatic carbocycles. The van der Waals surface area contributed by atoms with Crippen LogP contribution in [0.2, 0.25) is 0 Å². The van der Waals surface area contributed by atoms with Crippen LogP contribution in [-0.4, -0.2) is 44.9 Å². The van der Waals surface area contributed by atoms with Crippen LogP contribution in [0.1, 0.15) is 81.3 Å². The molecule has 9 nitrogen and oxygen atoms in total. The molecule has 0 saturated heterocycles. The van der Waals surface area contributed by atoms with Gasteiger partial charge in [0.05, 0.1) is 14.6 Å². The SMILES string of the molecule is CCc1cc(-c2noc(-c3sc(C=O)c(C)c3C)n2)cc(C)c1CCC(=O)O.Cc1c(C=O)sc(C(=O)O)c1C. The Balaban J connectivity index is 0.000000307. The van der Waals surface area contributed by atoms with Gasteiger partial charge in [-0.05, 0) is 98.5 Å². The maximum atomic E-state index is 11.2. The highest BCUT2D eigenvalue weighted by atomic mass is 32.1. The lowest BCUT2D eigenvalue weighted by Crippen LogP contribution is -2.03. The Labute approximate surface area is 239 Å². The van der Waals surface area contributed by atoms with Crippen LogP contribution < -0.4 is 0 Å². The number of aldehydes is 2. The van der Waals surface area contributed by atoms with Crippen LogP contribution in [0.4, 0.5) is 0 Å². The number of nitrogens with zero attached hydrogens (tertiary/aromatic N) is 2. The quantitative estimate of drug-likeness (QED) is 0.207. The molecule has 3 heterocycles. The van der Waals surface area contributed by atoms with Crippen molar-refractivity contribution < 1.29 is 33.9 Å². The number of carbonyl (C=O) groups excluding carboxylic acids is 2. The monoisotopic (exact) mass is 582 g/mol. The number of aromatic carboxylic acids is 1. The van der Waals surface area contributed by atoms with Gasteiger partial charge in [-0.15, -0.1) is 22.7 Å². The van der Waals surface area contributed by atoms with Gasteiger partial charge < -0.3 is 14.7 Å². The van der Waals surface area contributed by atoms with Crippen molar-refractivity contribution in [3.05, 3.63) is 65.7 Å². The van der Waals surface area contributed by atoms with Gasteiger partial charge in [0, 0.05) is 12.0 Å². The third-order valence-electron chi connectivity index (χ3n) is 6.79. The molecule has 0 radical (unpaired) electrons. The molecular formula is C29H30N2O7S2. The van der Waals surface area contributed by atoms with Crippen LogP contribution in [0.15, 0.2) is 16.7 Å². The first-order valence-corrected chi connectivity index (χ1v) is 14.1. The minimum absolute atomic E-state index is 0.107. The van der Waals surface area contributed by atoms with E-state index in [4.69, 9.17) is 14.7 Å². The smallest absolute Gasteiger partial charge is 0.346 e. The maximum Gasteiger partial charge on any atom is 0.346 e. The predicted molar refractivity (Wildman–Crippen MR) is 154 cm³/mol. The molecule has 0 bridgehead atoms. The van der Waals surface area contributed by atoms with Gasteiger partial charge in [0.2, 0.25) is 5.82 Å². The van der Waals surface area contributed by atoms with Crippen LogP contribution in [0, 0.1) is 34.6 Å². The normalized spacial score (nSPS) is 10.7. The zero-order valence-electron chi connectivity index (χ0n) is 23.1. The van der Waals surface area contributed by atoms with Crippen molar-refractivity contribution in [3.8, 4) is 22.2 Å². The first-order chi connectivity index (χ1) is 18.9. The second kappa shape index (κ2) is 12.9. The summed E-state index contributed by atoms with van der Waals surface area (Å²) < 4.78 is 5.48. The summed E-state index contributed by atoms with van der Waals surface area (Å²) in [6.45, 7) is 11.3. The number of thiophene rings is 2. The molecule has 210 valence electrons. The van der Waals surface area contributed by atoms with Gasteiger partial charge in [-0.25, -0.2) is 4.79 Å².